The van der Waals surface area contributed by atoms with Gasteiger partial charge in [0.15, 0.2) is 18.1 Å². The summed E-state index contributed by atoms with van der Waals surface area (Å²) in [6.45, 7) is 0.359. The van der Waals surface area contributed by atoms with Crippen LogP contribution in [0.5, 0.6) is 11.5 Å². The first kappa shape index (κ1) is 19.9. The number of aromatic nitrogens is 2. The van der Waals surface area contributed by atoms with Gasteiger partial charge in [0.2, 0.25) is 0 Å². The predicted molar refractivity (Wildman–Crippen MR) is 106 cm³/mol. The molecule has 8 nitrogen and oxygen atoms in total. The van der Waals surface area contributed by atoms with Crippen molar-refractivity contribution < 1.29 is 23.8 Å². The van der Waals surface area contributed by atoms with Crippen LogP contribution in [-0.2, 0) is 16.1 Å². The second kappa shape index (κ2) is 9.41. The Kier molecular flexibility index (Phi) is 6.47. The minimum atomic E-state index is -0.510. The molecular formula is C21H21N3O5. The molecule has 3 aromatic rings. The summed E-state index contributed by atoms with van der Waals surface area (Å²) >= 11 is 0. The van der Waals surface area contributed by atoms with Crippen molar-refractivity contribution in [3.05, 3.63) is 72.1 Å². The standard InChI is InChI=1S/C21H21N3O5/c1-27-19-12-16(7-8-18(19)29-14-20(25)28-2)21(26)23-17-6-3-5-15(11-17)13-24-10-4-9-22-24/h3-12H,13-14H2,1-2H3,(H,23,26). The Morgan fingerprint density at radius 2 is 1.93 bits per heavy atom. The van der Waals surface area contributed by atoms with E-state index in [0.717, 1.165) is 5.56 Å². The van der Waals surface area contributed by atoms with Gasteiger partial charge in [0.1, 0.15) is 0 Å². The third-order valence-electron chi connectivity index (χ3n) is 4.09. The van der Waals surface area contributed by atoms with Gasteiger partial charge in [0.25, 0.3) is 5.91 Å². The third kappa shape index (κ3) is 5.35. The minimum absolute atomic E-state index is 0.249. The number of esters is 1. The van der Waals surface area contributed by atoms with Gasteiger partial charge in [-0.15, -0.1) is 0 Å². The smallest absolute Gasteiger partial charge is 0.343 e. The van der Waals surface area contributed by atoms with Crippen LogP contribution in [0.1, 0.15) is 15.9 Å². The Bertz CT molecular complexity index is 986. The molecule has 0 aliphatic carbocycles. The number of hydrogen-bond acceptors (Lipinski definition) is 6. The molecule has 0 saturated carbocycles. The van der Waals surface area contributed by atoms with Crippen molar-refractivity contribution in [3.8, 4) is 11.5 Å². The lowest BCUT2D eigenvalue weighted by atomic mass is 10.1. The molecule has 3 rings (SSSR count). The van der Waals surface area contributed by atoms with E-state index in [0.29, 0.717) is 29.3 Å². The Labute approximate surface area is 168 Å². The molecule has 1 amide bonds. The molecule has 1 N–H and O–H groups in total. The van der Waals surface area contributed by atoms with E-state index in [2.05, 4.69) is 15.2 Å². The lowest BCUT2D eigenvalue weighted by molar-refractivity contribution is -0.142. The fourth-order valence-electron chi connectivity index (χ4n) is 2.66. The van der Waals surface area contributed by atoms with Gasteiger partial charge in [-0.05, 0) is 42.0 Å². The Balaban J connectivity index is 1.69. The molecule has 1 heterocycles. The van der Waals surface area contributed by atoms with E-state index in [9.17, 15) is 9.59 Å². The lowest BCUT2D eigenvalue weighted by Crippen LogP contribution is -2.14. The van der Waals surface area contributed by atoms with Crippen LogP contribution in [0.15, 0.2) is 60.9 Å². The van der Waals surface area contributed by atoms with Crippen LogP contribution in [0.4, 0.5) is 5.69 Å². The van der Waals surface area contributed by atoms with E-state index >= 15 is 0 Å². The summed E-state index contributed by atoms with van der Waals surface area (Å²) in [6.07, 6.45) is 3.60. The SMILES string of the molecule is COC(=O)COc1ccc(C(=O)Nc2cccc(Cn3cccn3)c2)cc1OC. The van der Waals surface area contributed by atoms with E-state index < -0.39 is 5.97 Å². The first-order valence-corrected chi connectivity index (χ1v) is 8.84. The van der Waals surface area contributed by atoms with Crippen LogP contribution in [0.3, 0.4) is 0 Å². The van der Waals surface area contributed by atoms with Gasteiger partial charge in [-0.2, -0.15) is 5.10 Å². The Morgan fingerprint density at radius 3 is 2.66 bits per heavy atom. The van der Waals surface area contributed by atoms with Gasteiger partial charge in [-0.3, -0.25) is 9.48 Å². The lowest BCUT2D eigenvalue weighted by Gasteiger charge is -2.12. The maximum atomic E-state index is 12.6. The quantitative estimate of drug-likeness (QED) is 0.590. The van der Waals surface area contributed by atoms with E-state index in [1.165, 1.54) is 14.2 Å². The Hall–Kier alpha value is -3.81. The highest BCUT2D eigenvalue weighted by Crippen LogP contribution is 2.28. The number of nitrogens with zero attached hydrogens (tertiary/aromatic N) is 2. The number of nitrogens with one attached hydrogen (secondary N) is 1. The largest absolute Gasteiger partial charge is 0.493 e. The van der Waals surface area contributed by atoms with E-state index in [-0.39, 0.29) is 12.5 Å². The normalized spacial score (nSPS) is 10.3. The van der Waals surface area contributed by atoms with Crippen LogP contribution in [0.25, 0.3) is 0 Å². The van der Waals surface area contributed by atoms with E-state index in [1.807, 2.05) is 36.5 Å². The third-order valence-corrected chi connectivity index (χ3v) is 4.09. The molecule has 0 radical (unpaired) electrons. The second-order valence-electron chi connectivity index (χ2n) is 6.09. The number of rotatable bonds is 8. The van der Waals surface area contributed by atoms with Crippen LogP contribution in [0.2, 0.25) is 0 Å². The van der Waals surface area contributed by atoms with Crippen LogP contribution in [-0.4, -0.2) is 42.5 Å². The summed E-state index contributed by atoms with van der Waals surface area (Å²) < 4.78 is 17.0. The molecule has 0 saturated heterocycles. The number of carbonyl (C=O) groups is 2. The monoisotopic (exact) mass is 395 g/mol. The van der Waals surface area contributed by atoms with Crippen molar-refractivity contribution in [2.75, 3.05) is 26.1 Å². The average Bonchev–Trinajstić information content (AvgIpc) is 3.25. The number of carbonyl (C=O) groups excluding carboxylic acids is 2. The topological polar surface area (TPSA) is 91.7 Å². The van der Waals surface area contributed by atoms with Gasteiger partial charge in [0.05, 0.1) is 20.8 Å². The van der Waals surface area contributed by atoms with Crippen LogP contribution >= 0.6 is 0 Å². The molecule has 1 aromatic heterocycles. The van der Waals surface area contributed by atoms with E-state index in [1.54, 1.807) is 29.1 Å². The molecule has 2 aromatic carbocycles. The molecule has 29 heavy (non-hydrogen) atoms. The highest BCUT2D eigenvalue weighted by atomic mass is 16.6. The fraction of sp³-hybridized carbons (Fsp3) is 0.190. The summed E-state index contributed by atoms with van der Waals surface area (Å²) in [7, 11) is 2.74. The molecule has 0 unspecified atom stereocenters. The summed E-state index contributed by atoms with van der Waals surface area (Å²) in [5.74, 6) is -0.118. The van der Waals surface area contributed by atoms with Crippen LogP contribution < -0.4 is 14.8 Å². The van der Waals surface area contributed by atoms with Crippen molar-refractivity contribution in [1.82, 2.24) is 9.78 Å². The van der Waals surface area contributed by atoms with Crippen molar-refractivity contribution in [2.45, 2.75) is 6.54 Å². The average molecular weight is 395 g/mol. The number of benzene rings is 2. The van der Waals surface area contributed by atoms with Gasteiger partial charge < -0.3 is 19.5 Å². The first-order valence-electron chi connectivity index (χ1n) is 8.84. The highest BCUT2D eigenvalue weighted by Gasteiger charge is 2.13. The molecule has 0 aliphatic heterocycles. The summed E-state index contributed by atoms with van der Waals surface area (Å²) in [6, 6.07) is 14.1. The molecule has 0 spiro atoms. The predicted octanol–water partition coefficient (Wildman–Crippen LogP) is 2.74. The zero-order valence-electron chi connectivity index (χ0n) is 16.1. The number of ether oxygens (including phenoxy) is 3. The van der Waals surface area contributed by atoms with Crippen molar-refractivity contribution in [3.63, 3.8) is 0 Å². The van der Waals surface area contributed by atoms with Crippen molar-refractivity contribution in [2.24, 2.45) is 0 Å². The van der Waals surface area contributed by atoms with Gasteiger partial charge in [-0.25, -0.2) is 4.79 Å². The first-order chi connectivity index (χ1) is 14.1. The van der Waals surface area contributed by atoms with E-state index in [4.69, 9.17) is 9.47 Å². The molecule has 8 heteroatoms. The zero-order valence-corrected chi connectivity index (χ0v) is 16.1. The number of amides is 1. The van der Waals surface area contributed by atoms with Crippen LogP contribution in [0, 0.1) is 0 Å². The summed E-state index contributed by atoms with van der Waals surface area (Å²) in [5, 5.41) is 7.05. The zero-order chi connectivity index (χ0) is 20.6. The molecule has 150 valence electrons. The molecule has 0 fully saturated rings. The van der Waals surface area contributed by atoms with Gasteiger partial charge >= 0.3 is 5.97 Å². The maximum absolute atomic E-state index is 12.6. The van der Waals surface area contributed by atoms with Gasteiger partial charge in [-0.1, -0.05) is 12.1 Å². The summed E-state index contributed by atoms with van der Waals surface area (Å²) in [4.78, 5) is 23.9. The van der Waals surface area contributed by atoms with Crippen molar-refractivity contribution >= 4 is 17.6 Å². The number of anilines is 1. The van der Waals surface area contributed by atoms with Gasteiger partial charge in [0, 0.05) is 23.6 Å². The Morgan fingerprint density at radius 1 is 1.07 bits per heavy atom. The fourth-order valence-corrected chi connectivity index (χ4v) is 2.66. The van der Waals surface area contributed by atoms with Crippen molar-refractivity contribution in [1.29, 1.82) is 0 Å². The summed E-state index contributed by atoms with van der Waals surface area (Å²) in [5.41, 5.74) is 2.07. The molecule has 0 atom stereocenters. The molecular weight excluding hydrogens is 374 g/mol. The highest BCUT2D eigenvalue weighted by molar-refractivity contribution is 6.04. The minimum Gasteiger partial charge on any atom is -0.493 e. The second-order valence-corrected chi connectivity index (χ2v) is 6.09. The number of methoxy groups -OCH3 is 2. The molecule has 0 aliphatic rings. The number of hydrogen-bond donors (Lipinski definition) is 1. The molecule has 0 bridgehead atoms. The maximum Gasteiger partial charge on any atom is 0.343 e.